The van der Waals surface area contributed by atoms with Gasteiger partial charge in [-0.25, -0.2) is 19.2 Å². The molecule has 0 aliphatic carbocycles. The number of nitrogens with zero attached hydrogens (tertiary/aromatic N) is 2. The molecule has 0 aromatic heterocycles. The molecule has 1 aliphatic heterocycles. The summed E-state index contributed by atoms with van der Waals surface area (Å²) in [5, 5.41) is 39.6. The molecule has 0 spiro atoms. The predicted octanol–water partition coefficient (Wildman–Crippen LogP) is -4.02. The van der Waals surface area contributed by atoms with Crippen LogP contribution in [0.2, 0.25) is 0 Å². The molecule has 0 bridgehead atoms. The molecule has 1 fully saturated rings. The maximum Gasteiger partial charge on any atom is 0.338 e. The van der Waals surface area contributed by atoms with Crippen LogP contribution in [0.1, 0.15) is 0 Å². The summed E-state index contributed by atoms with van der Waals surface area (Å²) < 4.78 is 22.0. The minimum Gasteiger partial charge on any atom is -0.479 e. The number of hydrogen-bond donors (Lipinski definition) is 6. The lowest BCUT2D eigenvalue weighted by Crippen LogP contribution is -2.50. The van der Waals surface area contributed by atoms with E-state index in [2.05, 4.69) is 0 Å². The van der Waals surface area contributed by atoms with E-state index in [-0.39, 0.29) is 92.1 Å². The van der Waals surface area contributed by atoms with Crippen molar-refractivity contribution in [3.8, 4) is 0 Å². The van der Waals surface area contributed by atoms with Crippen molar-refractivity contribution < 1.29 is 68.1 Å². The second-order valence-electron chi connectivity index (χ2n) is 8.36. The molecule has 1 saturated heterocycles. The van der Waals surface area contributed by atoms with E-state index in [1.54, 1.807) is 9.80 Å². The lowest BCUT2D eigenvalue weighted by Gasteiger charge is -2.23. The number of carboxylic acids is 4. The van der Waals surface area contributed by atoms with Crippen molar-refractivity contribution >= 4 is 35.7 Å². The summed E-state index contributed by atoms with van der Waals surface area (Å²) in [5.74, 6) is -8.34. The van der Waals surface area contributed by atoms with Gasteiger partial charge >= 0.3 is 23.9 Å². The van der Waals surface area contributed by atoms with Crippen LogP contribution in [0, 0.1) is 0 Å². The summed E-state index contributed by atoms with van der Waals surface area (Å²) in [6.07, 6.45) is 0. The van der Waals surface area contributed by atoms with Gasteiger partial charge in [-0.15, -0.1) is 0 Å². The Bertz CT molecular complexity index is 741. The van der Waals surface area contributed by atoms with Crippen LogP contribution in [0.5, 0.6) is 0 Å². The summed E-state index contributed by atoms with van der Waals surface area (Å²) in [4.78, 5) is 71.6. The Balaban J connectivity index is 2.58. The molecule has 18 heteroatoms. The van der Waals surface area contributed by atoms with Gasteiger partial charge in [0, 0.05) is 26.2 Å². The van der Waals surface area contributed by atoms with Gasteiger partial charge in [0.1, 0.15) is 0 Å². The van der Waals surface area contributed by atoms with Crippen molar-refractivity contribution in [1.82, 2.24) is 20.4 Å². The summed E-state index contributed by atoms with van der Waals surface area (Å²) in [6, 6.07) is -4.13. The topological polar surface area (TPSA) is 251 Å². The number of rotatable bonds is 10. The highest BCUT2D eigenvalue weighted by molar-refractivity contribution is 6.01. The second-order valence-corrected chi connectivity index (χ2v) is 8.36. The second kappa shape index (κ2) is 19.6. The van der Waals surface area contributed by atoms with Gasteiger partial charge in [0.2, 0.25) is 23.9 Å². The minimum absolute atomic E-state index is 0.182. The number of carbonyl (C=O) groups is 6. The van der Waals surface area contributed by atoms with Gasteiger partial charge in [-0.05, 0) is 0 Å². The van der Waals surface area contributed by atoms with Crippen molar-refractivity contribution in [2.75, 3.05) is 92.1 Å². The highest BCUT2D eigenvalue weighted by atomic mass is 16.5. The predicted molar refractivity (Wildman–Crippen MR) is 131 cm³/mol. The normalized spacial score (nSPS) is 17.9. The Labute approximate surface area is 229 Å². The van der Waals surface area contributed by atoms with Crippen LogP contribution < -0.4 is 10.6 Å². The highest BCUT2D eigenvalue weighted by Crippen LogP contribution is 1.96. The van der Waals surface area contributed by atoms with Gasteiger partial charge in [-0.3, -0.25) is 19.4 Å². The quantitative estimate of drug-likeness (QED) is 0.135. The molecule has 1 heterocycles. The summed E-state index contributed by atoms with van der Waals surface area (Å²) >= 11 is 0. The molecule has 0 unspecified atom stereocenters. The number of ether oxygens (including phenoxy) is 4. The molecule has 1 aliphatic rings. The average Bonchev–Trinajstić information content (AvgIpc) is 2.87. The smallest absolute Gasteiger partial charge is 0.338 e. The summed E-state index contributed by atoms with van der Waals surface area (Å²) in [7, 11) is 0. The molecule has 0 aromatic carbocycles. The zero-order chi connectivity index (χ0) is 29.9. The van der Waals surface area contributed by atoms with E-state index in [0.717, 1.165) is 0 Å². The van der Waals surface area contributed by atoms with Crippen molar-refractivity contribution in [1.29, 1.82) is 0 Å². The monoisotopic (exact) mass is 580 g/mol. The Morgan fingerprint density at radius 1 is 0.500 bits per heavy atom. The summed E-state index contributed by atoms with van der Waals surface area (Å²) in [5.41, 5.74) is 0. The molecule has 228 valence electrons. The third kappa shape index (κ3) is 15.2. The number of hydrogen-bond acceptors (Lipinski definition) is 12. The standard InChI is InChI=1S/C22H36N4O14/c27-15(23-17(19(29)30)20(31)32)13-25-1-5-37-9-10-39-7-3-26(4-8-40-12-11-38-6-2-25)14-16(28)24-18(21(33)34)22(35)36/h17-18H,1-14H2,(H,23,27)(H,24,28)(H,29,30)(H,31,32)(H,33,34)(H,35,36). The van der Waals surface area contributed by atoms with Crippen molar-refractivity contribution in [2.24, 2.45) is 0 Å². The van der Waals surface area contributed by atoms with Gasteiger partial charge in [0.05, 0.1) is 65.9 Å². The van der Waals surface area contributed by atoms with E-state index >= 15 is 0 Å². The number of amides is 2. The molecule has 6 N–H and O–H groups in total. The fraction of sp³-hybridized carbons (Fsp3) is 0.727. The molecular weight excluding hydrogens is 544 g/mol. The molecule has 0 radical (unpaired) electrons. The van der Waals surface area contributed by atoms with Crippen LogP contribution in [0.3, 0.4) is 0 Å². The van der Waals surface area contributed by atoms with Crippen LogP contribution in [0.4, 0.5) is 0 Å². The first-order chi connectivity index (χ1) is 19.0. The van der Waals surface area contributed by atoms with E-state index in [0.29, 0.717) is 0 Å². The van der Waals surface area contributed by atoms with Crippen LogP contribution in [-0.2, 0) is 47.7 Å². The SMILES string of the molecule is O=C(CN1CCOCCOCCN(CC(=O)NC(C(=O)O)C(=O)O)CCOCCOCC1)NC(C(=O)O)C(=O)O. The lowest BCUT2D eigenvalue weighted by atomic mass is 10.3. The fourth-order valence-electron chi connectivity index (χ4n) is 3.24. The number of carbonyl (C=O) groups excluding carboxylic acids is 2. The highest BCUT2D eigenvalue weighted by Gasteiger charge is 2.29. The Morgan fingerprint density at radius 3 is 0.975 bits per heavy atom. The van der Waals surface area contributed by atoms with Crippen LogP contribution in [0.15, 0.2) is 0 Å². The van der Waals surface area contributed by atoms with Gasteiger partial charge in [0.25, 0.3) is 0 Å². The van der Waals surface area contributed by atoms with Crippen LogP contribution in [-0.4, -0.2) is 170 Å². The van der Waals surface area contributed by atoms with E-state index in [1.807, 2.05) is 10.6 Å². The van der Waals surface area contributed by atoms with Gasteiger partial charge in [-0.2, -0.15) is 0 Å². The first kappa shape index (κ1) is 34.6. The maximum absolute atomic E-state index is 12.2. The van der Waals surface area contributed by atoms with Gasteiger partial charge in [-0.1, -0.05) is 0 Å². The van der Waals surface area contributed by atoms with E-state index in [1.165, 1.54) is 0 Å². The zero-order valence-corrected chi connectivity index (χ0v) is 21.8. The molecule has 1 rings (SSSR count). The largest absolute Gasteiger partial charge is 0.479 e. The Morgan fingerprint density at radius 2 is 0.750 bits per heavy atom. The average molecular weight is 581 g/mol. The van der Waals surface area contributed by atoms with Crippen LogP contribution >= 0.6 is 0 Å². The molecule has 0 saturated carbocycles. The van der Waals surface area contributed by atoms with Crippen LogP contribution in [0.25, 0.3) is 0 Å². The zero-order valence-electron chi connectivity index (χ0n) is 21.8. The van der Waals surface area contributed by atoms with E-state index in [4.69, 9.17) is 39.4 Å². The van der Waals surface area contributed by atoms with Gasteiger partial charge < -0.3 is 50.0 Å². The number of nitrogens with one attached hydrogen (secondary N) is 2. The Hall–Kier alpha value is -3.42. The summed E-state index contributed by atoms with van der Waals surface area (Å²) in [6.45, 7) is 1.98. The third-order valence-corrected chi connectivity index (χ3v) is 5.28. The van der Waals surface area contributed by atoms with Gasteiger partial charge in [0.15, 0.2) is 0 Å². The Kier molecular flexibility index (Phi) is 17.0. The lowest BCUT2D eigenvalue weighted by molar-refractivity contribution is -0.154. The third-order valence-electron chi connectivity index (χ3n) is 5.28. The molecule has 18 nitrogen and oxygen atoms in total. The molecule has 0 aromatic rings. The first-order valence-corrected chi connectivity index (χ1v) is 12.3. The van der Waals surface area contributed by atoms with E-state index in [9.17, 15) is 28.8 Å². The number of aliphatic carboxylic acids is 4. The fourth-order valence-corrected chi connectivity index (χ4v) is 3.24. The van der Waals surface area contributed by atoms with Crippen molar-refractivity contribution in [3.05, 3.63) is 0 Å². The molecule has 2 amide bonds. The van der Waals surface area contributed by atoms with Crippen molar-refractivity contribution in [2.45, 2.75) is 12.1 Å². The maximum atomic E-state index is 12.2. The first-order valence-electron chi connectivity index (χ1n) is 12.3. The molecular formula is C22H36N4O14. The number of carboxylic acid groups (broad SMARTS) is 4. The molecule has 0 atom stereocenters. The van der Waals surface area contributed by atoms with Crippen molar-refractivity contribution in [3.63, 3.8) is 0 Å². The minimum atomic E-state index is -2.06. The molecule has 40 heavy (non-hydrogen) atoms. The van der Waals surface area contributed by atoms with E-state index < -0.39 is 47.8 Å².